The molecule has 0 atom stereocenters. The van der Waals surface area contributed by atoms with Crippen LogP contribution in [0.2, 0.25) is 0 Å². The lowest BCUT2D eigenvalue weighted by Gasteiger charge is -2.16. The summed E-state index contributed by atoms with van der Waals surface area (Å²) in [4.78, 5) is 20.0. The number of aromatic nitrogens is 1. The van der Waals surface area contributed by atoms with Gasteiger partial charge in [0, 0.05) is 24.7 Å². The highest BCUT2D eigenvalue weighted by atomic mass is 16.5. The van der Waals surface area contributed by atoms with Gasteiger partial charge >= 0.3 is 0 Å². The fourth-order valence-electron chi connectivity index (χ4n) is 5.06. The highest BCUT2D eigenvalue weighted by Crippen LogP contribution is 2.39. The van der Waals surface area contributed by atoms with Crippen LogP contribution < -0.4 is 10.2 Å². The van der Waals surface area contributed by atoms with Gasteiger partial charge in [-0.2, -0.15) is 0 Å². The molecular formula is C30H39N4O2+. The third-order valence-electron chi connectivity index (χ3n) is 7.08. The van der Waals surface area contributed by atoms with Crippen molar-refractivity contribution < 1.29 is 14.1 Å². The highest BCUT2D eigenvalue weighted by Gasteiger charge is 2.23. The molecule has 0 radical (unpaired) electrons. The molecule has 0 spiro atoms. The van der Waals surface area contributed by atoms with Crippen LogP contribution in [0, 0.1) is 13.8 Å². The van der Waals surface area contributed by atoms with Gasteiger partial charge < -0.3 is 15.0 Å². The third kappa shape index (κ3) is 5.38. The SMILES string of the molecule is COC1=C(c2cc(C(=O)CCC/C=C3/Nc4cc(C)c(C(C)C)cc4N3C)cc(C)n2)C=[N+](C)CC1. The number of nitrogens with one attached hydrogen (secondary N) is 1. The lowest BCUT2D eigenvalue weighted by molar-refractivity contribution is -0.492. The van der Waals surface area contributed by atoms with E-state index in [1.54, 1.807) is 7.11 Å². The van der Waals surface area contributed by atoms with Crippen LogP contribution >= 0.6 is 0 Å². The number of nitrogens with zero attached hydrogens (tertiary/aromatic N) is 3. The van der Waals surface area contributed by atoms with E-state index in [1.807, 2.05) is 26.1 Å². The Morgan fingerprint density at radius 1 is 1.25 bits per heavy atom. The Labute approximate surface area is 215 Å². The number of pyridine rings is 1. The van der Waals surface area contributed by atoms with Gasteiger partial charge in [0.2, 0.25) is 0 Å². The van der Waals surface area contributed by atoms with Crippen LogP contribution in [0.5, 0.6) is 0 Å². The smallest absolute Gasteiger partial charge is 0.176 e. The van der Waals surface area contributed by atoms with E-state index in [1.165, 1.54) is 16.8 Å². The number of Topliss-reactive ketones (excluding diaryl/α,β-unsaturated/α-hetero) is 1. The van der Waals surface area contributed by atoms with Crippen molar-refractivity contribution in [2.75, 3.05) is 38.0 Å². The molecule has 0 amide bonds. The van der Waals surface area contributed by atoms with Gasteiger partial charge in [-0.15, -0.1) is 0 Å². The standard InChI is InChI=1S/C30H39N4O2/c1-19(2)23-17-27-26(14-20(23)3)32-30(34(27)6)11-9-8-10-28(35)22-15-21(4)31-25(16-22)24-18-33(5)13-12-29(24)36-7/h11,14-19,32H,8-10,12-13H2,1-7H3/q+1/b30-11-. The van der Waals surface area contributed by atoms with Crippen molar-refractivity contribution in [3.63, 3.8) is 0 Å². The number of benzene rings is 1. The van der Waals surface area contributed by atoms with Gasteiger partial charge in [0.15, 0.2) is 12.0 Å². The van der Waals surface area contributed by atoms with Gasteiger partial charge in [0.25, 0.3) is 0 Å². The number of aryl methyl sites for hydroxylation is 2. The summed E-state index contributed by atoms with van der Waals surface area (Å²) in [6, 6.07) is 8.33. The molecule has 190 valence electrons. The van der Waals surface area contributed by atoms with Crippen molar-refractivity contribution in [3.05, 3.63) is 70.0 Å². The minimum atomic E-state index is 0.150. The number of ether oxygens (including phenoxy) is 1. The van der Waals surface area contributed by atoms with Gasteiger partial charge in [0.05, 0.1) is 30.6 Å². The van der Waals surface area contributed by atoms with Crippen molar-refractivity contribution in [2.24, 2.45) is 0 Å². The summed E-state index contributed by atoms with van der Waals surface area (Å²) in [5.41, 5.74) is 8.37. The third-order valence-corrected chi connectivity index (χ3v) is 7.08. The fraction of sp³-hybridized carbons (Fsp3) is 0.433. The zero-order chi connectivity index (χ0) is 26.0. The first-order chi connectivity index (χ1) is 17.2. The van der Waals surface area contributed by atoms with E-state index < -0.39 is 0 Å². The highest BCUT2D eigenvalue weighted by molar-refractivity contribution is 6.08. The van der Waals surface area contributed by atoms with Crippen LogP contribution in [0.25, 0.3) is 5.57 Å². The number of carbonyl (C=O) groups is 1. The molecule has 3 heterocycles. The largest absolute Gasteiger partial charge is 0.500 e. The number of rotatable bonds is 8. The second-order valence-electron chi connectivity index (χ2n) is 10.3. The summed E-state index contributed by atoms with van der Waals surface area (Å²) in [7, 11) is 5.84. The normalized spacial score (nSPS) is 16.4. The molecule has 4 rings (SSSR count). The van der Waals surface area contributed by atoms with Gasteiger partial charge in [0.1, 0.15) is 30.7 Å². The maximum absolute atomic E-state index is 13.1. The summed E-state index contributed by atoms with van der Waals surface area (Å²) in [6.07, 6.45) is 7.21. The minimum absolute atomic E-state index is 0.150. The molecule has 0 bridgehead atoms. The van der Waals surface area contributed by atoms with E-state index in [0.717, 1.165) is 65.6 Å². The fourth-order valence-corrected chi connectivity index (χ4v) is 5.06. The van der Waals surface area contributed by atoms with Crippen molar-refractivity contribution in [1.82, 2.24) is 4.98 Å². The first-order valence-corrected chi connectivity index (χ1v) is 12.9. The Bertz CT molecular complexity index is 1270. The maximum atomic E-state index is 13.1. The molecule has 2 aliphatic rings. The number of methoxy groups -OCH3 is 1. The first-order valence-electron chi connectivity index (χ1n) is 12.9. The number of fused-ring (bicyclic) bond motifs is 1. The summed E-state index contributed by atoms with van der Waals surface area (Å²) in [5, 5.41) is 3.54. The number of carbonyl (C=O) groups excluding carboxylic acids is 1. The van der Waals surface area contributed by atoms with E-state index >= 15 is 0 Å². The Morgan fingerprint density at radius 2 is 2.03 bits per heavy atom. The van der Waals surface area contributed by atoms with Gasteiger partial charge in [-0.1, -0.05) is 13.8 Å². The zero-order valence-electron chi connectivity index (χ0n) is 22.7. The second-order valence-corrected chi connectivity index (χ2v) is 10.3. The molecule has 6 heteroatoms. The van der Waals surface area contributed by atoms with Crippen molar-refractivity contribution in [1.29, 1.82) is 0 Å². The van der Waals surface area contributed by atoms with Crippen LogP contribution in [0.15, 0.2) is 41.9 Å². The lowest BCUT2D eigenvalue weighted by Crippen LogP contribution is -2.18. The molecule has 2 aromatic rings. The van der Waals surface area contributed by atoms with E-state index in [9.17, 15) is 4.79 Å². The van der Waals surface area contributed by atoms with E-state index in [0.29, 0.717) is 12.3 Å². The van der Waals surface area contributed by atoms with E-state index in [-0.39, 0.29) is 5.78 Å². The Morgan fingerprint density at radius 3 is 2.75 bits per heavy atom. The summed E-state index contributed by atoms with van der Waals surface area (Å²) in [5.74, 6) is 2.64. The predicted molar refractivity (Wildman–Crippen MR) is 148 cm³/mol. The van der Waals surface area contributed by atoms with Crippen LogP contribution in [-0.4, -0.2) is 49.3 Å². The Hall–Kier alpha value is -3.41. The van der Waals surface area contributed by atoms with E-state index in [4.69, 9.17) is 9.72 Å². The number of hydrogen-bond acceptors (Lipinski definition) is 5. The molecule has 2 aliphatic heterocycles. The van der Waals surface area contributed by atoms with Crippen LogP contribution in [0.3, 0.4) is 0 Å². The molecule has 1 aromatic heterocycles. The van der Waals surface area contributed by atoms with Crippen molar-refractivity contribution in [3.8, 4) is 0 Å². The van der Waals surface area contributed by atoms with Gasteiger partial charge in [-0.05, 0) is 74.1 Å². The molecule has 1 aromatic carbocycles. The van der Waals surface area contributed by atoms with Crippen molar-refractivity contribution >= 4 is 28.9 Å². The predicted octanol–water partition coefficient (Wildman–Crippen LogP) is 6.05. The molecule has 36 heavy (non-hydrogen) atoms. The maximum Gasteiger partial charge on any atom is 0.176 e. The van der Waals surface area contributed by atoms with Crippen molar-refractivity contribution in [2.45, 2.75) is 59.3 Å². The number of ketones is 1. The molecule has 0 saturated carbocycles. The first kappa shape index (κ1) is 25.7. The second kappa shape index (κ2) is 10.7. The average Bonchev–Trinajstić information content (AvgIpc) is 3.14. The topological polar surface area (TPSA) is 57.5 Å². The zero-order valence-corrected chi connectivity index (χ0v) is 22.7. The Balaban J connectivity index is 1.42. The summed E-state index contributed by atoms with van der Waals surface area (Å²) >= 11 is 0. The number of anilines is 2. The summed E-state index contributed by atoms with van der Waals surface area (Å²) < 4.78 is 7.74. The summed E-state index contributed by atoms with van der Waals surface area (Å²) in [6.45, 7) is 9.49. The number of hydrogen-bond donors (Lipinski definition) is 1. The minimum Gasteiger partial charge on any atom is -0.500 e. The Kier molecular flexibility index (Phi) is 7.62. The van der Waals surface area contributed by atoms with Crippen LogP contribution in [0.4, 0.5) is 11.4 Å². The molecule has 0 saturated heterocycles. The molecule has 1 N–H and O–H groups in total. The molecule has 0 unspecified atom stereocenters. The molecule has 6 nitrogen and oxygen atoms in total. The van der Waals surface area contributed by atoms with Gasteiger partial charge in [-0.25, -0.2) is 4.58 Å². The number of allylic oxidation sites excluding steroid dienone is 2. The molecule has 0 aliphatic carbocycles. The molecule has 0 fully saturated rings. The molecular weight excluding hydrogens is 448 g/mol. The van der Waals surface area contributed by atoms with Crippen LogP contribution in [0.1, 0.15) is 78.3 Å². The van der Waals surface area contributed by atoms with Crippen LogP contribution in [-0.2, 0) is 4.74 Å². The monoisotopic (exact) mass is 487 g/mol. The van der Waals surface area contributed by atoms with Gasteiger partial charge in [-0.3, -0.25) is 9.78 Å². The number of unbranched alkanes of at least 4 members (excludes halogenated alkanes) is 1. The quantitative estimate of drug-likeness (QED) is 0.279. The average molecular weight is 488 g/mol. The van der Waals surface area contributed by atoms with E-state index in [2.05, 4.69) is 67.0 Å². The lowest BCUT2D eigenvalue weighted by atomic mass is 9.96.